The summed E-state index contributed by atoms with van der Waals surface area (Å²) in [4.78, 5) is 0. The summed E-state index contributed by atoms with van der Waals surface area (Å²) in [6.07, 6.45) is 1.81. The van der Waals surface area contributed by atoms with Gasteiger partial charge in [0.15, 0.2) is 6.29 Å². The zero-order valence-electron chi connectivity index (χ0n) is 11.2. The van der Waals surface area contributed by atoms with Gasteiger partial charge in [0.25, 0.3) is 0 Å². The number of aliphatic hydroxyl groups is 1. The summed E-state index contributed by atoms with van der Waals surface area (Å²) in [6, 6.07) is 6.20. The fourth-order valence-corrected chi connectivity index (χ4v) is 2.37. The number of hydrogen-bond donors (Lipinski definition) is 1. The van der Waals surface area contributed by atoms with Gasteiger partial charge in [0.2, 0.25) is 0 Å². The summed E-state index contributed by atoms with van der Waals surface area (Å²) < 4.78 is 11.0. The molecule has 1 fully saturated rings. The van der Waals surface area contributed by atoms with E-state index in [0.29, 0.717) is 6.42 Å². The van der Waals surface area contributed by atoms with E-state index in [1.807, 2.05) is 12.1 Å². The van der Waals surface area contributed by atoms with E-state index >= 15 is 0 Å². The Labute approximate surface area is 109 Å². The summed E-state index contributed by atoms with van der Waals surface area (Å²) in [5.41, 5.74) is 3.37. The van der Waals surface area contributed by atoms with Crippen molar-refractivity contribution < 1.29 is 14.6 Å². The first kappa shape index (κ1) is 13.5. The monoisotopic (exact) mass is 250 g/mol. The van der Waals surface area contributed by atoms with Gasteiger partial charge in [0.1, 0.15) is 0 Å². The Morgan fingerprint density at radius 3 is 2.39 bits per heavy atom. The molecule has 2 rings (SSSR count). The standard InChI is InChI=1S/C15H22O3/c1-11-8-12(2)10-13(9-11)14(16)4-5-15-17-6-3-7-18-15/h8-10,14-16H,3-7H2,1-2H3/t14-/m1/s1. The van der Waals surface area contributed by atoms with Crippen LogP contribution in [0.4, 0.5) is 0 Å². The van der Waals surface area contributed by atoms with Crippen LogP contribution < -0.4 is 0 Å². The van der Waals surface area contributed by atoms with Crippen LogP contribution in [-0.4, -0.2) is 24.6 Å². The number of aryl methyl sites for hydroxylation is 2. The van der Waals surface area contributed by atoms with Crippen molar-refractivity contribution in [3.63, 3.8) is 0 Å². The molecule has 1 aromatic carbocycles. The average Bonchev–Trinajstić information content (AvgIpc) is 2.36. The maximum Gasteiger partial charge on any atom is 0.157 e. The largest absolute Gasteiger partial charge is 0.388 e. The summed E-state index contributed by atoms with van der Waals surface area (Å²) in [5, 5.41) is 10.2. The van der Waals surface area contributed by atoms with Crippen molar-refractivity contribution in [2.24, 2.45) is 0 Å². The smallest absolute Gasteiger partial charge is 0.157 e. The summed E-state index contributed by atoms with van der Waals surface area (Å²) in [6.45, 7) is 5.64. The molecule has 0 aromatic heterocycles. The van der Waals surface area contributed by atoms with Crippen molar-refractivity contribution in [1.82, 2.24) is 0 Å². The van der Waals surface area contributed by atoms with E-state index in [0.717, 1.165) is 31.6 Å². The molecule has 3 nitrogen and oxygen atoms in total. The SMILES string of the molecule is Cc1cc(C)cc([C@H](O)CCC2OCCCO2)c1. The Balaban J connectivity index is 1.88. The molecular weight excluding hydrogens is 228 g/mol. The molecule has 1 N–H and O–H groups in total. The lowest BCUT2D eigenvalue weighted by molar-refractivity contribution is -0.183. The molecule has 0 saturated carbocycles. The number of aliphatic hydroxyl groups excluding tert-OH is 1. The van der Waals surface area contributed by atoms with Crippen LogP contribution in [0.15, 0.2) is 18.2 Å². The highest BCUT2D eigenvalue weighted by Crippen LogP contribution is 2.23. The Kier molecular flexibility index (Phi) is 4.75. The molecule has 18 heavy (non-hydrogen) atoms. The van der Waals surface area contributed by atoms with Gasteiger partial charge in [0, 0.05) is 6.42 Å². The lowest BCUT2D eigenvalue weighted by atomic mass is 10.00. The first-order valence-corrected chi connectivity index (χ1v) is 6.64. The van der Waals surface area contributed by atoms with Gasteiger partial charge < -0.3 is 14.6 Å². The Morgan fingerprint density at radius 1 is 1.17 bits per heavy atom. The second-order valence-corrected chi connectivity index (χ2v) is 5.04. The fraction of sp³-hybridized carbons (Fsp3) is 0.600. The lowest BCUT2D eigenvalue weighted by Gasteiger charge is -2.24. The van der Waals surface area contributed by atoms with Crippen molar-refractivity contribution in [2.45, 2.75) is 45.5 Å². The third-order valence-corrected chi connectivity index (χ3v) is 3.20. The third kappa shape index (κ3) is 3.80. The molecule has 1 aliphatic heterocycles. The molecule has 0 radical (unpaired) electrons. The van der Waals surface area contributed by atoms with Crippen molar-refractivity contribution >= 4 is 0 Å². The van der Waals surface area contributed by atoms with E-state index in [2.05, 4.69) is 19.9 Å². The second-order valence-electron chi connectivity index (χ2n) is 5.04. The molecule has 1 atom stereocenters. The average molecular weight is 250 g/mol. The van der Waals surface area contributed by atoms with Gasteiger partial charge in [-0.3, -0.25) is 0 Å². The predicted octanol–water partition coefficient (Wildman–Crippen LogP) is 2.88. The van der Waals surface area contributed by atoms with Crippen molar-refractivity contribution in [2.75, 3.05) is 13.2 Å². The number of hydrogen-bond acceptors (Lipinski definition) is 3. The van der Waals surface area contributed by atoms with Crippen LogP contribution in [0.25, 0.3) is 0 Å². The number of ether oxygens (including phenoxy) is 2. The molecule has 0 aliphatic carbocycles. The van der Waals surface area contributed by atoms with Crippen LogP contribution in [0.2, 0.25) is 0 Å². The van der Waals surface area contributed by atoms with E-state index in [-0.39, 0.29) is 6.29 Å². The highest BCUT2D eigenvalue weighted by Gasteiger charge is 2.17. The van der Waals surface area contributed by atoms with Gasteiger partial charge in [-0.15, -0.1) is 0 Å². The van der Waals surface area contributed by atoms with Crippen LogP contribution in [0.3, 0.4) is 0 Å². The maximum absolute atomic E-state index is 10.2. The van der Waals surface area contributed by atoms with Gasteiger partial charge in [-0.25, -0.2) is 0 Å². The van der Waals surface area contributed by atoms with Gasteiger partial charge in [-0.05, 0) is 32.3 Å². The molecule has 1 aromatic rings. The van der Waals surface area contributed by atoms with Gasteiger partial charge >= 0.3 is 0 Å². The van der Waals surface area contributed by atoms with Crippen molar-refractivity contribution in [3.8, 4) is 0 Å². The molecular formula is C15H22O3. The summed E-state index contributed by atoms with van der Waals surface area (Å²) in [7, 11) is 0. The molecule has 1 aliphatic rings. The van der Waals surface area contributed by atoms with Crippen LogP contribution in [0, 0.1) is 13.8 Å². The quantitative estimate of drug-likeness (QED) is 0.893. The minimum Gasteiger partial charge on any atom is -0.388 e. The summed E-state index contributed by atoms with van der Waals surface area (Å²) in [5.74, 6) is 0. The van der Waals surface area contributed by atoms with E-state index in [1.54, 1.807) is 0 Å². The number of rotatable bonds is 4. The van der Waals surface area contributed by atoms with E-state index in [4.69, 9.17) is 9.47 Å². The molecule has 1 heterocycles. The highest BCUT2D eigenvalue weighted by molar-refractivity contribution is 5.29. The zero-order chi connectivity index (χ0) is 13.0. The maximum atomic E-state index is 10.2. The first-order valence-electron chi connectivity index (χ1n) is 6.64. The predicted molar refractivity (Wildman–Crippen MR) is 70.4 cm³/mol. The normalized spacial score (nSPS) is 18.8. The minimum atomic E-state index is -0.433. The van der Waals surface area contributed by atoms with Crippen molar-refractivity contribution in [1.29, 1.82) is 0 Å². The molecule has 0 spiro atoms. The fourth-order valence-electron chi connectivity index (χ4n) is 2.37. The topological polar surface area (TPSA) is 38.7 Å². The van der Waals surface area contributed by atoms with Gasteiger partial charge in [-0.1, -0.05) is 29.3 Å². The highest BCUT2D eigenvalue weighted by atomic mass is 16.7. The first-order chi connectivity index (χ1) is 8.65. The van der Waals surface area contributed by atoms with Crippen LogP contribution in [0.1, 0.15) is 42.1 Å². The molecule has 0 unspecified atom stereocenters. The van der Waals surface area contributed by atoms with Crippen LogP contribution in [0.5, 0.6) is 0 Å². The lowest BCUT2D eigenvalue weighted by Crippen LogP contribution is -2.25. The van der Waals surface area contributed by atoms with Gasteiger partial charge in [-0.2, -0.15) is 0 Å². The molecule has 0 bridgehead atoms. The van der Waals surface area contributed by atoms with E-state index in [9.17, 15) is 5.11 Å². The summed E-state index contributed by atoms with van der Waals surface area (Å²) >= 11 is 0. The van der Waals surface area contributed by atoms with Crippen LogP contribution >= 0.6 is 0 Å². The Bertz CT molecular complexity index is 363. The minimum absolute atomic E-state index is 0.140. The third-order valence-electron chi connectivity index (χ3n) is 3.20. The second kappa shape index (κ2) is 6.32. The molecule has 1 saturated heterocycles. The van der Waals surface area contributed by atoms with Crippen molar-refractivity contribution in [3.05, 3.63) is 34.9 Å². The Morgan fingerprint density at radius 2 is 1.78 bits per heavy atom. The van der Waals surface area contributed by atoms with Crippen LogP contribution in [-0.2, 0) is 9.47 Å². The molecule has 0 amide bonds. The molecule has 100 valence electrons. The van der Waals surface area contributed by atoms with E-state index in [1.165, 1.54) is 11.1 Å². The van der Waals surface area contributed by atoms with Gasteiger partial charge in [0.05, 0.1) is 19.3 Å². The number of benzene rings is 1. The zero-order valence-corrected chi connectivity index (χ0v) is 11.2. The molecule has 3 heteroatoms. The van der Waals surface area contributed by atoms with E-state index < -0.39 is 6.10 Å². The Hall–Kier alpha value is -0.900.